The number of rotatable bonds is 10. The number of carbonyl (C=O) groups excluding carboxylic acids is 1. The summed E-state index contributed by atoms with van der Waals surface area (Å²) in [6.45, 7) is 1.94. The van der Waals surface area contributed by atoms with Crippen molar-refractivity contribution in [3.63, 3.8) is 0 Å². The molecule has 0 heterocycles. The molecule has 84 valence electrons. The molecule has 0 saturated carbocycles. The molecule has 0 aliphatic rings. The van der Waals surface area contributed by atoms with Crippen LogP contribution in [0.4, 0.5) is 0 Å². The Morgan fingerprint density at radius 1 is 0.929 bits per heavy atom. The van der Waals surface area contributed by atoms with Crippen LogP contribution < -0.4 is 0 Å². The molecule has 0 fully saturated rings. The van der Waals surface area contributed by atoms with E-state index in [1.807, 2.05) is 0 Å². The molecule has 0 aliphatic carbocycles. The summed E-state index contributed by atoms with van der Waals surface area (Å²) in [5.41, 5.74) is 0. The number of hydrogen-bond acceptors (Lipinski definition) is 2. The van der Waals surface area contributed by atoms with Crippen molar-refractivity contribution in [1.29, 1.82) is 0 Å². The van der Waals surface area contributed by atoms with Crippen molar-refractivity contribution in [3.8, 4) is 0 Å². The maximum Gasteiger partial charge on any atom is 0.158 e. The molecule has 0 aromatic rings. The minimum Gasteiger partial charge on any atom is -0.389 e. The van der Waals surface area contributed by atoms with E-state index in [0.29, 0.717) is 6.42 Å². The van der Waals surface area contributed by atoms with Crippen LogP contribution in [0.3, 0.4) is 0 Å². The molecule has 0 unspecified atom stereocenters. The Balaban J connectivity index is 2.95. The normalized spacial score (nSPS) is 10.4. The van der Waals surface area contributed by atoms with Crippen LogP contribution in [-0.2, 0) is 4.79 Å². The Kier molecular flexibility index (Phi) is 10.4. The van der Waals surface area contributed by atoms with Gasteiger partial charge in [-0.25, -0.2) is 0 Å². The molecule has 0 bridgehead atoms. The second-order valence-corrected chi connectivity index (χ2v) is 3.92. The lowest BCUT2D eigenvalue weighted by atomic mass is 10.1. The number of hydrogen-bond donors (Lipinski definition) is 1. The standard InChI is InChI=1S/C12H24O2/c1-2-3-4-5-6-7-8-9-10-12(14)11-13/h13H,2-11H2,1H3. The summed E-state index contributed by atoms with van der Waals surface area (Å²) in [7, 11) is 0. The van der Waals surface area contributed by atoms with Crippen molar-refractivity contribution in [2.45, 2.75) is 64.7 Å². The fourth-order valence-corrected chi connectivity index (χ4v) is 1.54. The lowest BCUT2D eigenvalue weighted by Gasteiger charge is -2.00. The average Bonchev–Trinajstić information content (AvgIpc) is 2.21. The fraction of sp³-hybridized carbons (Fsp3) is 0.917. The zero-order chi connectivity index (χ0) is 10.6. The highest BCUT2D eigenvalue weighted by molar-refractivity contribution is 5.79. The van der Waals surface area contributed by atoms with E-state index in [1.54, 1.807) is 0 Å². The van der Waals surface area contributed by atoms with Crippen LogP contribution in [0.5, 0.6) is 0 Å². The molecule has 0 radical (unpaired) electrons. The number of aliphatic hydroxyl groups excluding tert-OH is 1. The first-order valence-electron chi connectivity index (χ1n) is 5.93. The number of carbonyl (C=O) groups is 1. The van der Waals surface area contributed by atoms with E-state index in [1.165, 1.54) is 38.5 Å². The fourth-order valence-electron chi connectivity index (χ4n) is 1.54. The zero-order valence-electron chi connectivity index (χ0n) is 9.43. The molecule has 0 atom stereocenters. The van der Waals surface area contributed by atoms with Crippen LogP contribution in [0.25, 0.3) is 0 Å². The van der Waals surface area contributed by atoms with Gasteiger partial charge in [0.05, 0.1) is 0 Å². The summed E-state index contributed by atoms with van der Waals surface area (Å²) in [5, 5.41) is 8.49. The van der Waals surface area contributed by atoms with E-state index < -0.39 is 0 Å². The molecule has 0 rings (SSSR count). The first-order chi connectivity index (χ1) is 6.81. The Labute approximate surface area is 87.7 Å². The smallest absolute Gasteiger partial charge is 0.158 e. The van der Waals surface area contributed by atoms with E-state index in [2.05, 4.69) is 6.92 Å². The van der Waals surface area contributed by atoms with E-state index in [4.69, 9.17) is 5.11 Å². The third-order valence-electron chi connectivity index (χ3n) is 2.49. The number of ketones is 1. The highest BCUT2D eigenvalue weighted by Crippen LogP contribution is 2.09. The molecule has 1 N–H and O–H groups in total. The highest BCUT2D eigenvalue weighted by Gasteiger charge is 1.98. The molecular weight excluding hydrogens is 176 g/mol. The van der Waals surface area contributed by atoms with Gasteiger partial charge in [-0.1, -0.05) is 51.9 Å². The predicted molar refractivity (Wildman–Crippen MR) is 59.3 cm³/mol. The van der Waals surface area contributed by atoms with Gasteiger partial charge in [-0.3, -0.25) is 4.79 Å². The van der Waals surface area contributed by atoms with Gasteiger partial charge in [0.15, 0.2) is 5.78 Å². The van der Waals surface area contributed by atoms with E-state index in [0.717, 1.165) is 12.8 Å². The summed E-state index contributed by atoms with van der Waals surface area (Å²) in [6, 6.07) is 0. The molecule has 2 nitrogen and oxygen atoms in total. The van der Waals surface area contributed by atoms with Gasteiger partial charge in [0, 0.05) is 6.42 Å². The van der Waals surface area contributed by atoms with Gasteiger partial charge in [0.2, 0.25) is 0 Å². The second-order valence-electron chi connectivity index (χ2n) is 3.92. The SMILES string of the molecule is CCCCCCCCCCC(=O)CO. The first-order valence-corrected chi connectivity index (χ1v) is 5.93. The Hall–Kier alpha value is -0.370. The van der Waals surface area contributed by atoms with Crippen LogP contribution >= 0.6 is 0 Å². The minimum absolute atomic E-state index is 0.0176. The molecule has 14 heavy (non-hydrogen) atoms. The van der Waals surface area contributed by atoms with Gasteiger partial charge < -0.3 is 5.11 Å². The van der Waals surface area contributed by atoms with Crippen molar-refractivity contribution in [3.05, 3.63) is 0 Å². The van der Waals surface area contributed by atoms with Gasteiger partial charge >= 0.3 is 0 Å². The van der Waals surface area contributed by atoms with Crippen LogP contribution in [0.2, 0.25) is 0 Å². The highest BCUT2D eigenvalue weighted by atomic mass is 16.3. The van der Waals surface area contributed by atoms with Gasteiger partial charge in [-0.15, -0.1) is 0 Å². The van der Waals surface area contributed by atoms with Crippen molar-refractivity contribution in [2.24, 2.45) is 0 Å². The molecule has 0 amide bonds. The van der Waals surface area contributed by atoms with E-state index in [-0.39, 0.29) is 12.4 Å². The minimum atomic E-state index is -0.281. The summed E-state index contributed by atoms with van der Waals surface area (Å²) < 4.78 is 0. The van der Waals surface area contributed by atoms with Gasteiger partial charge in [-0.05, 0) is 6.42 Å². The Morgan fingerprint density at radius 3 is 1.93 bits per heavy atom. The molecule has 0 aromatic heterocycles. The largest absolute Gasteiger partial charge is 0.389 e. The summed E-state index contributed by atoms with van der Waals surface area (Å²) in [4.78, 5) is 10.7. The molecule has 0 saturated heterocycles. The zero-order valence-corrected chi connectivity index (χ0v) is 9.43. The Morgan fingerprint density at radius 2 is 1.43 bits per heavy atom. The average molecular weight is 200 g/mol. The topological polar surface area (TPSA) is 37.3 Å². The first kappa shape index (κ1) is 13.6. The number of Topliss-reactive ketones (excluding diaryl/α,β-unsaturated/α-hetero) is 1. The molecular formula is C12H24O2. The van der Waals surface area contributed by atoms with Crippen LogP contribution in [0.1, 0.15) is 64.7 Å². The lowest BCUT2D eigenvalue weighted by molar-refractivity contribution is -0.121. The van der Waals surface area contributed by atoms with Crippen LogP contribution in [0, 0.1) is 0 Å². The van der Waals surface area contributed by atoms with Crippen molar-refractivity contribution < 1.29 is 9.90 Å². The van der Waals surface area contributed by atoms with E-state index in [9.17, 15) is 4.79 Å². The Bertz CT molecular complexity index is 132. The third kappa shape index (κ3) is 9.72. The van der Waals surface area contributed by atoms with Gasteiger partial charge in [-0.2, -0.15) is 0 Å². The summed E-state index contributed by atoms with van der Waals surface area (Å²) in [6.07, 6.45) is 10.5. The molecule has 0 aliphatic heterocycles. The predicted octanol–water partition coefficient (Wildman–Crippen LogP) is 3.08. The van der Waals surface area contributed by atoms with Gasteiger partial charge in [0.1, 0.15) is 6.61 Å². The number of aliphatic hydroxyl groups is 1. The maximum absolute atomic E-state index is 10.7. The van der Waals surface area contributed by atoms with Crippen molar-refractivity contribution in [1.82, 2.24) is 0 Å². The van der Waals surface area contributed by atoms with Gasteiger partial charge in [0.25, 0.3) is 0 Å². The van der Waals surface area contributed by atoms with Crippen LogP contribution in [-0.4, -0.2) is 17.5 Å². The quantitative estimate of drug-likeness (QED) is 0.550. The van der Waals surface area contributed by atoms with Crippen molar-refractivity contribution >= 4 is 5.78 Å². The molecule has 0 spiro atoms. The second kappa shape index (κ2) is 10.7. The lowest BCUT2D eigenvalue weighted by Crippen LogP contribution is -2.02. The molecule has 2 heteroatoms. The summed E-state index contributed by atoms with van der Waals surface area (Å²) >= 11 is 0. The maximum atomic E-state index is 10.7. The molecule has 0 aromatic carbocycles. The summed E-state index contributed by atoms with van der Waals surface area (Å²) in [5.74, 6) is -0.0176. The third-order valence-corrected chi connectivity index (χ3v) is 2.49. The number of unbranched alkanes of at least 4 members (excludes halogenated alkanes) is 7. The monoisotopic (exact) mass is 200 g/mol. The van der Waals surface area contributed by atoms with Crippen LogP contribution in [0.15, 0.2) is 0 Å². The van der Waals surface area contributed by atoms with Crippen molar-refractivity contribution in [2.75, 3.05) is 6.61 Å². The van der Waals surface area contributed by atoms with E-state index >= 15 is 0 Å².